The molecule has 0 saturated carbocycles. The quantitative estimate of drug-likeness (QED) is 0.652. The molecular weight excluding hydrogens is 332 g/mol. The lowest BCUT2D eigenvalue weighted by Gasteiger charge is -2.16. The van der Waals surface area contributed by atoms with Gasteiger partial charge in [-0.1, -0.05) is 31.2 Å². The van der Waals surface area contributed by atoms with Crippen molar-refractivity contribution < 1.29 is 9.47 Å². The number of nitrogens with zero attached hydrogens (tertiary/aromatic N) is 4. The summed E-state index contributed by atoms with van der Waals surface area (Å²) in [5.41, 5.74) is 2.15. The average molecular weight is 354 g/mol. The van der Waals surface area contributed by atoms with Gasteiger partial charge in [0.25, 0.3) is 0 Å². The van der Waals surface area contributed by atoms with Crippen molar-refractivity contribution in [3.63, 3.8) is 0 Å². The van der Waals surface area contributed by atoms with Gasteiger partial charge in [0.15, 0.2) is 0 Å². The molecule has 136 valence electrons. The van der Waals surface area contributed by atoms with Crippen molar-refractivity contribution in [2.45, 2.75) is 26.9 Å². The van der Waals surface area contributed by atoms with E-state index in [1.165, 1.54) is 9.36 Å². The highest BCUT2D eigenvalue weighted by Crippen LogP contribution is 2.27. The summed E-state index contributed by atoms with van der Waals surface area (Å²) in [6.07, 6.45) is 0.875. The van der Waals surface area contributed by atoms with Crippen LogP contribution in [0.3, 0.4) is 0 Å². The fourth-order valence-electron chi connectivity index (χ4n) is 2.74. The summed E-state index contributed by atoms with van der Waals surface area (Å²) < 4.78 is 14.2. The Balaban J connectivity index is 2.01. The Morgan fingerprint density at radius 3 is 2.42 bits per heavy atom. The molecule has 0 fully saturated rings. The first-order valence-corrected chi connectivity index (χ1v) is 8.60. The fourth-order valence-corrected chi connectivity index (χ4v) is 2.74. The van der Waals surface area contributed by atoms with Gasteiger partial charge in [0, 0.05) is 7.05 Å². The maximum atomic E-state index is 12.3. The van der Waals surface area contributed by atoms with Gasteiger partial charge in [-0.15, -0.1) is 0 Å². The predicted octanol–water partition coefficient (Wildman–Crippen LogP) is 2.51. The molecule has 26 heavy (non-hydrogen) atoms. The number of aryl methyl sites for hydroxylation is 2. The van der Waals surface area contributed by atoms with Crippen LogP contribution in [-0.4, -0.2) is 26.4 Å². The van der Waals surface area contributed by atoms with E-state index in [4.69, 9.17) is 9.47 Å². The number of para-hydroxylation sites is 1. The van der Waals surface area contributed by atoms with Gasteiger partial charge in [-0.3, -0.25) is 0 Å². The molecule has 0 radical (unpaired) electrons. The van der Waals surface area contributed by atoms with Gasteiger partial charge >= 0.3 is 5.69 Å². The van der Waals surface area contributed by atoms with E-state index in [1.807, 2.05) is 49.4 Å². The highest BCUT2D eigenvalue weighted by Gasteiger charge is 2.16. The first-order chi connectivity index (χ1) is 12.7. The minimum absolute atomic E-state index is 0.255. The van der Waals surface area contributed by atoms with Crippen LogP contribution in [0.4, 0.5) is 0 Å². The Labute approximate surface area is 151 Å². The molecule has 3 aromatic rings. The van der Waals surface area contributed by atoms with Gasteiger partial charge in [0.05, 0.1) is 17.9 Å². The molecule has 0 aliphatic carbocycles. The van der Waals surface area contributed by atoms with Crippen molar-refractivity contribution >= 4 is 0 Å². The predicted molar refractivity (Wildman–Crippen MR) is 97.9 cm³/mol. The normalized spacial score (nSPS) is 10.7. The highest BCUT2D eigenvalue weighted by molar-refractivity contribution is 5.49. The second-order valence-corrected chi connectivity index (χ2v) is 5.73. The van der Waals surface area contributed by atoms with E-state index in [-0.39, 0.29) is 12.3 Å². The largest absolute Gasteiger partial charge is 0.493 e. The van der Waals surface area contributed by atoms with Crippen LogP contribution in [-0.2, 0) is 20.1 Å². The molecule has 0 bridgehead atoms. The molecule has 0 saturated heterocycles. The molecule has 0 amide bonds. The molecule has 3 rings (SSSR count). The first kappa shape index (κ1) is 17.7. The first-order valence-electron chi connectivity index (χ1n) is 8.60. The fraction of sp³-hybridized carbons (Fsp3) is 0.316. The molecule has 7 nitrogen and oxygen atoms in total. The molecule has 0 aliphatic heterocycles. The Morgan fingerprint density at radius 1 is 0.962 bits per heavy atom. The van der Waals surface area contributed by atoms with Crippen LogP contribution >= 0.6 is 0 Å². The summed E-state index contributed by atoms with van der Waals surface area (Å²) in [6, 6.07) is 13.4. The number of rotatable bonds is 7. The number of ether oxygens (including phenoxy) is 2. The van der Waals surface area contributed by atoms with Crippen LogP contribution in [0.5, 0.6) is 11.5 Å². The summed E-state index contributed by atoms with van der Waals surface area (Å²) in [7, 11) is 1.56. The van der Waals surface area contributed by atoms with Crippen molar-refractivity contribution in [2.75, 3.05) is 6.61 Å². The number of aromatic nitrogens is 4. The molecule has 1 heterocycles. The lowest BCUT2D eigenvalue weighted by atomic mass is 10.1. The van der Waals surface area contributed by atoms with E-state index in [2.05, 4.69) is 17.4 Å². The van der Waals surface area contributed by atoms with Crippen molar-refractivity contribution in [2.24, 2.45) is 7.05 Å². The Morgan fingerprint density at radius 2 is 1.73 bits per heavy atom. The van der Waals surface area contributed by atoms with Crippen molar-refractivity contribution in [3.05, 3.63) is 64.1 Å². The molecule has 0 aliphatic rings. The zero-order valence-electron chi connectivity index (χ0n) is 15.2. The Bertz CT molecular complexity index is 946. The second kappa shape index (κ2) is 7.86. The maximum Gasteiger partial charge on any atom is 0.368 e. The lowest BCUT2D eigenvalue weighted by molar-refractivity contribution is 0.283. The lowest BCUT2D eigenvalue weighted by Crippen LogP contribution is -2.23. The smallest absolute Gasteiger partial charge is 0.368 e. The van der Waals surface area contributed by atoms with Crippen molar-refractivity contribution in [3.8, 4) is 17.2 Å². The maximum absolute atomic E-state index is 12.3. The summed E-state index contributed by atoms with van der Waals surface area (Å²) in [5, 5.41) is 7.73. The van der Waals surface area contributed by atoms with Crippen molar-refractivity contribution in [1.82, 2.24) is 19.8 Å². The van der Waals surface area contributed by atoms with Crippen LogP contribution < -0.4 is 15.2 Å². The third kappa shape index (κ3) is 3.46. The van der Waals surface area contributed by atoms with Gasteiger partial charge in [-0.2, -0.15) is 9.36 Å². The molecule has 0 spiro atoms. The van der Waals surface area contributed by atoms with Gasteiger partial charge in [0.1, 0.15) is 18.1 Å². The van der Waals surface area contributed by atoms with Crippen molar-refractivity contribution in [1.29, 1.82) is 0 Å². The van der Waals surface area contributed by atoms with Crippen LogP contribution in [0.25, 0.3) is 5.69 Å². The molecule has 0 atom stereocenters. The third-order valence-corrected chi connectivity index (χ3v) is 4.08. The minimum atomic E-state index is -0.325. The number of tetrazole rings is 1. The average Bonchev–Trinajstić information content (AvgIpc) is 2.99. The number of benzene rings is 2. The SMILES string of the molecule is CCOc1cccc(-n2nnn(C)c2=O)c1COc1ccccc1CC. The molecule has 0 N–H and O–H groups in total. The third-order valence-electron chi connectivity index (χ3n) is 4.08. The Hall–Kier alpha value is -3.09. The second-order valence-electron chi connectivity index (χ2n) is 5.73. The molecule has 1 aromatic heterocycles. The summed E-state index contributed by atoms with van der Waals surface area (Å²) >= 11 is 0. The monoisotopic (exact) mass is 354 g/mol. The molecule has 7 heteroatoms. The van der Waals surface area contributed by atoms with Gasteiger partial charge in [-0.25, -0.2) is 4.79 Å². The van der Waals surface area contributed by atoms with E-state index in [0.29, 0.717) is 18.0 Å². The van der Waals surface area contributed by atoms with Gasteiger partial charge in [-0.05, 0) is 47.5 Å². The highest BCUT2D eigenvalue weighted by atomic mass is 16.5. The van der Waals surface area contributed by atoms with Gasteiger partial charge in [0.2, 0.25) is 0 Å². The summed E-state index contributed by atoms with van der Waals surface area (Å²) in [4.78, 5) is 12.3. The molecule has 0 unspecified atom stereocenters. The molecule has 2 aromatic carbocycles. The number of hydrogen-bond donors (Lipinski definition) is 0. The zero-order valence-corrected chi connectivity index (χ0v) is 15.2. The standard InChI is InChI=1S/C19H22N4O3/c1-4-14-9-6-7-11-17(14)26-13-15-16(10-8-12-18(15)25-5-2)23-19(24)22(3)20-21-23/h6-12H,4-5,13H2,1-3H3. The van der Waals surface area contributed by atoms with E-state index in [0.717, 1.165) is 23.3 Å². The molecular formula is C19H22N4O3. The van der Waals surface area contributed by atoms with Crippen LogP contribution in [0, 0.1) is 0 Å². The van der Waals surface area contributed by atoms with E-state index < -0.39 is 0 Å². The van der Waals surface area contributed by atoms with Gasteiger partial charge < -0.3 is 9.47 Å². The Kier molecular flexibility index (Phi) is 5.36. The van der Waals surface area contributed by atoms with E-state index in [1.54, 1.807) is 7.05 Å². The number of hydrogen-bond acceptors (Lipinski definition) is 5. The van der Waals surface area contributed by atoms with E-state index >= 15 is 0 Å². The summed E-state index contributed by atoms with van der Waals surface area (Å²) in [5.74, 6) is 1.48. The summed E-state index contributed by atoms with van der Waals surface area (Å²) in [6.45, 7) is 4.77. The van der Waals surface area contributed by atoms with Crippen LogP contribution in [0.15, 0.2) is 47.3 Å². The topological polar surface area (TPSA) is 71.2 Å². The zero-order chi connectivity index (χ0) is 18.5. The van der Waals surface area contributed by atoms with E-state index in [9.17, 15) is 4.79 Å². The van der Waals surface area contributed by atoms with Crippen LogP contribution in [0.2, 0.25) is 0 Å². The minimum Gasteiger partial charge on any atom is -0.493 e. The van der Waals surface area contributed by atoms with Crippen LogP contribution in [0.1, 0.15) is 25.0 Å².